The van der Waals surface area contributed by atoms with Crippen LogP contribution in [0.15, 0.2) is 59.3 Å². The van der Waals surface area contributed by atoms with Crippen molar-refractivity contribution in [3.8, 4) is 22.6 Å². The van der Waals surface area contributed by atoms with E-state index in [1.54, 1.807) is 12.5 Å². The van der Waals surface area contributed by atoms with Gasteiger partial charge in [0.15, 0.2) is 0 Å². The van der Waals surface area contributed by atoms with Crippen LogP contribution in [-0.2, 0) is 6.54 Å². The third-order valence-corrected chi connectivity index (χ3v) is 5.97. The van der Waals surface area contributed by atoms with Crippen LogP contribution in [0.2, 0.25) is 0 Å². The Labute approximate surface area is 170 Å². The predicted octanol–water partition coefficient (Wildman–Crippen LogP) is 4.51. The number of amides is 1. The predicted molar refractivity (Wildman–Crippen MR) is 110 cm³/mol. The van der Waals surface area contributed by atoms with Crippen molar-refractivity contribution in [2.45, 2.75) is 44.9 Å². The number of aromatic nitrogens is 1. The zero-order valence-electron chi connectivity index (χ0n) is 16.6. The van der Waals surface area contributed by atoms with Gasteiger partial charge in [-0.15, -0.1) is 0 Å². The minimum atomic E-state index is -0.920. The zero-order chi connectivity index (χ0) is 20.2. The molecule has 2 heterocycles. The fourth-order valence-corrected chi connectivity index (χ4v) is 4.63. The van der Waals surface area contributed by atoms with Crippen molar-refractivity contribution >= 4 is 5.91 Å². The Morgan fingerprint density at radius 1 is 1.14 bits per heavy atom. The van der Waals surface area contributed by atoms with Gasteiger partial charge < -0.3 is 14.4 Å². The van der Waals surface area contributed by atoms with Gasteiger partial charge in [-0.25, -0.2) is 4.98 Å². The van der Waals surface area contributed by atoms with Crippen LogP contribution in [0.25, 0.3) is 22.6 Å². The molecule has 0 bridgehead atoms. The summed E-state index contributed by atoms with van der Waals surface area (Å²) in [6.07, 6.45) is 5.33. The van der Waals surface area contributed by atoms with Gasteiger partial charge in [0, 0.05) is 12.1 Å². The van der Waals surface area contributed by atoms with Gasteiger partial charge in [0.05, 0.1) is 23.4 Å². The van der Waals surface area contributed by atoms with Crippen LogP contribution in [0.4, 0.5) is 0 Å². The fourth-order valence-electron chi connectivity index (χ4n) is 4.63. The van der Waals surface area contributed by atoms with Crippen LogP contribution in [0.3, 0.4) is 0 Å². The van der Waals surface area contributed by atoms with E-state index in [2.05, 4.69) is 4.98 Å². The number of carbonyl (C=O) groups is 1. The molecule has 1 aromatic heterocycles. The van der Waals surface area contributed by atoms with Crippen LogP contribution in [0.1, 0.15) is 42.6 Å². The van der Waals surface area contributed by atoms with E-state index in [1.807, 2.05) is 61.2 Å². The van der Waals surface area contributed by atoms with Crippen molar-refractivity contribution in [1.29, 1.82) is 0 Å². The molecule has 148 valence electrons. The largest absolute Gasteiger partial charge is 0.445 e. The number of oxazole rings is 1. The molecule has 1 aliphatic heterocycles. The Bertz CT molecular complexity index is 1040. The average Bonchev–Trinajstić information content (AvgIpc) is 3.24. The van der Waals surface area contributed by atoms with Gasteiger partial charge in [-0.1, -0.05) is 30.3 Å². The van der Waals surface area contributed by atoms with Crippen molar-refractivity contribution in [2.75, 3.05) is 0 Å². The molecule has 1 N–H and O–H groups in total. The standard InChI is InChI=1S/C24H24N2O3/c1-24(2,28)21(16-8-9-16)26-14-18-4-3-5-19(20(18)23(26)27)15-6-10-17(11-7-15)22-25-12-13-29-22/h3-7,10-13,16,21,28H,8-9,14H2,1-2H3/t21-/m1/s1. The summed E-state index contributed by atoms with van der Waals surface area (Å²) < 4.78 is 5.36. The molecule has 5 rings (SSSR count). The van der Waals surface area contributed by atoms with Crippen molar-refractivity contribution in [3.63, 3.8) is 0 Å². The summed E-state index contributed by atoms with van der Waals surface area (Å²) in [5.74, 6) is 0.984. The molecular weight excluding hydrogens is 364 g/mol. The maximum Gasteiger partial charge on any atom is 0.255 e. The first-order valence-corrected chi connectivity index (χ1v) is 10.1. The number of nitrogens with zero attached hydrogens (tertiary/aromatic N) is 2. The highest BCUT2D eigenvalue weighted by Crippen LogP contribution is 2.44. The first kappa shape index (κ1) is 18.1. The Balaban J connectivity index is 1.50. The Hall–Kier alpha value is -2.92. The first-order chi connectivity index (χ1) is 13.9. The lowest BCUT2D eigenvalue weighted by atomic mass is 9.92. The normalized spacial score (nSPS) is 17.5. The van der Waals surface area contributed by atoms with E-state index in [9.17, 15) is 9.90 Å². The topological polar surface area (TPSA) is 66.6 Å². The van der Waals surface area contributed by atoms with E-state index in [0.29, 0.717) is 18.4 Å². The maximum atomic E-state index is 13.5. The third kappa shape index (κ3) is 3.15. The number of hydrogen-bond acceptors (Lipinski definition) is 4. The molecule has 0 spiro atoms. The Morgan fingerprint density at radius 3 is 2.48 bits per heavy atom. The number of hydrogen-bond donors (Lipinski definition) is 1. The van der Waals surface area contributed by atoms with E-state index in [4.69, 9.17) is 4.42 Å². The van der Waals surface area contributed by atoms with Crippen LogP contribution in [0, 0.1) is 5.92 Å². The summed E-state index contributed by atoms with van der Waals surface area (Å²) in [5.41, 5.74) is 3.68. The van der Waals surface area contributed by atoms with Crippen LogP contribution in [0.5, 0.6) is 0 Å². The molecule has 29 heavy (non-hydrogen) atoms. The number of rotatable bonds is 5. The molecule has 3 aromatic rings. The van der Waals surface area contributed by atoms with Gasteiger partial charge in [0.2, 0.25) is 5.89 Å². The minimum absolute atomic E-state index is 0.0198. The van der Waals surface area contributed by atoms with E-state index in [-0.39, 0.29) is 11.9 Å². The molecule has 5 heteroatoms. The highest BCUT2D eigenvalue weighted by Gasteiger charge is 2.48. The summed E-state index contributed by atoms with van der Waals surface area (Å²) in [5, 5.41) is 10.7. The third-order valence-electron chi connectivity index (χ3n) is 5.97. The molecular formula is C24H24N2O3. The second-order valence-corrected chi connectivity index (χ2v) is 8.62. The number of fused-ring (bicyclic) bond motifs is 1. The van der Waals surface area contributed by atoms with Crippen LogP contribution in [-0.4, -0.2) is 32.5 Å². The summed E-state index contributed by atoms with van der Waals surface area (Å²) in [6, 6.07) is 13.8. The summed E-state index contributed by atoms with van der Waals surface area (Å²) in [7, 11) is 0. The van der Waals surface area contributed by atoms with E-state index >= 15 is 0 Å². The summed E-state index contributed by atoms with van der Waals surface area (Å²) >= 11 is 0. The van der Waals surface area contributed by atoms with Gasteiger partial charge in [0.25, 0.3) is 5.91 Å². The lowest BCUT2D eigenvalue weighted by Crippen LogP contribution is -2.51. The van der Waals surface area contributed by atoms with E-state index < -0.39 is 5.60 Å². The van der Waals surface area contributed by atoms with Gasteiger partial charge in [-0.05, 0) is 61.4 Å². The number of carbonyl (C=O) groups excluding carboxylic acids is 1. The Morgan fingerprint density at radius 2 is 1.86 bits per heavy atom. The highest BCUT2D eigenvalue weighted by atomic mass is 16.3. The average molecular weight is 388 g/mol. The monoisotopic (exact) mass is 388 g/mol. The first-order valence-electron chi connectivity index (χ1n) is 10.1. The van der Waals surface area contributed by atoms with Crippen molar-refractivity contribution in [3.05, 3.63) is 66.1 Å². The highest BCUT2D eigenvalue weighted by molar-refractivity contribution is 6.04. The van der Waals surface area contributed by atoms with Crippen LogP contribution >= 0.6 is 0 Å². The van der Waals surface area contributed by atoms with Crippen molar-refractivity contribution in [1.82, 2.24) is 9.88 Å². The van der Waals surface area contributed by atoms with Gasteiger partial charge >= 0.3 is 0 Å². The van der Waals surface area contributed by atoms with Crippen molar-refractivity contribution < 1.29 is 14.3 Å². The van der Waals surface area contributed by atoms with Gasteiger partial charge in [-0.2, -0.15) is 0 Å². The molecule has 1 fully saturated rings. The molecule has 5 nitrogen and oxygen atoms in total. The molecule has 2 aliphatic rings. The van der Waals surface area contributed by atoms with Crippen LogP contribution < -0.4 is 0 Å². The zero-order valence-corrected chi connectivity index (χ0v) is 16.6. The lowest BCUT2D eigenvalue weighted by Gasteiger charge is -2.37. The van der Waals surface area contributed by atoms with Crippen molar-refractivity contribution in [2.24, 2.45) is 5.92 Å². The maximum absolute atomic E-state index is 13.5. The number of aliphatic hydroxyl groups is 1. The lowest BCUT2D eigenvalue weighted by molar-refractivity contribution is -0.0224. The molecule has 1 amide bonds. The Kier molecular flexibility index (Phi) is 4.10. The smallest absolute Gasteiger partial charge is 0.255 e. The summed E-state index contributed by atoms with van der Waals surface area (Å²) in [4.78, 5) is 19.5. The molecule has 0 saturated heterocycles. The van der Waals surface area contributed by atoms with E-state index in [0.717, 1.165) is 40.7 Å². The van der Waals surface area contributed by atoms with E-state index in [1.165, 1.54) is 0 Å². The molecule has 2 aromatic carbocycles. The molecule has 1 atom stereocenters. The second kappa shape index (κ2) is 6.56. The fraction of sp³-hybridized carbons (Fsp3) is 0.333. The number of benzene rings is 2. The summed E-state index contributed by atoms with van der Waals surface area (Å²) in [6.45, 7) is 4.19. The molecule has 0 unspecified atom stereocenters. The SMILES string of the molecule is CC(C)(O)[C@@H](C1CC1)N1Cc2cccc(-c3ccc(-c4ncco4)cc3)c2C1=O. The molecule has 0 radical (unpaired) electrons. The quantitative estimate of drug-likeness (QED) is 0.698. The second-order valence-electron chi connectivity index (χ2n) is 8.62. The van der Waals surface area contributed by atoms with Gasteiger partial charge in [-0.3, -0.25) is 4.79 Å². The molecule has 1 aliphatic carbocycles. The minimum Gasteiger partial charge on any atom is -0.445 e. The van der Waals surface area contributed by atoms with Gasteiger partial charge in [0.1, 0.15) is 6.26 Å². The molecule has 1 saturated carbocycles.